The van der Waals surface area contributed by atoms with Crippen molar-refractivity contribution in [3.63, 3.8) is 0 Å². The highest BCUT2D eigenvalue weighted by molar-refractivity contribution is 5.66. The summed E-state index contributed by atoms with van der Waals surface area (Å²) in [4.78, 5) is 11.1. The molecule has 3 saturated carbocycles. The Morgan fingerprint density at radius 1 is 1.07 bits per heavy atom. The van der Waals surface area contributed by atoms with Crippen LogP contribution in [-0.2, 0) is 4.79 Å². The van der Waals surface area contributed by atoms with E-state index in [0.717, 1.165) is 43.4 Å². The number of fused-ring (bicyclic) bond motifs is 5. The van der Waals surface area contributed by atoms with Crippen LogP contribution < -0.4 is 0 Å². The van der Waals surface area contributed by atoms with E-state index in [1.54, 1.807) is 0 Å². The van der Waals surface area contributed by atoms with Crippen LogP contribution in [0.5, 0.6) is 0 Å². The molecule has 4 rings (SSSR count). The van der Waals surface area contributed by atoms with Gasteiger partial charge in [0.2, 0.25) is 0 Å². The average molecular weight is 375 g/mol. The Balaban J connectivity index is 1.61. The summed E-state index contributed by atoms with van der Waals surface area (Å²) >= 11 is 0. The quantitative estimate of drug-likeness (QED) is 0.648. The van der Waals surface area contributed by atoms with E-state index in [0.29, 0.717) is 17.8 Å². The van der Waals surface area contributed by atoms with Crippen LogP contribution in [0, 0.1) is 39.9 Å². The van der Waals surface area contributed by atoms with Crippen molar-refractivity contribution in [3.05, 3.63) is 11.6 Å². The smallest absolute Gasteiger partial charge is 0.303 e. The van der Waals surface area contributed by atoms with Gasteiger partial charge in [0, 0.05) is 11.8 Å². The van der Waals surface area contributed by atoms with E-state index in [4.69, 9.17) is 5.11 Å². The molecule has 0 saturated heterocycles. The topological polar surface area (TPSA) is 57.5 Å². The highest BCUT2D eigenvalue weighted by Gasteiger charge is 2.60. The lowest BCUT2D eigenvalue weighted by atomic mass is 9.44. The van der Waals surface area contributed by atoms with E-state index >= 15 is 0 Å². The fourth-order valence-corrected chi connectivity index (χ4v) is 8.27. The summed E-state index contributed by atoms with van der Waals surface area (Å²) < 4.78 is 0. The molecule has 0 aromatic carbocycles. The number of carboxylic acids is 1. The molecule has 0 radical (unpaired) electrons. The molecule has 0 heterocycles. The van der Waals surface area contributed by atoms with Crippen molar-refractivity contribution in [2.24, 2.45) is 39.9 Å². The zero-order valence-corrected chi connectivity index (χ0v) is 17.6. The summed E-state index contributed by atoms with van der Waals surface area (Å²) in [5.41, 5.74) is 2.01. The van der Waals surface area contributed by atoms with Gasteiger partial charge in [-0.25, -0.2) is 0 Å². The van der Waals surface area contributed by atoms with Crippen molar-refractivity contribution in [2.45, 2.75) is 91.6 Å². The number of aliphatic hydroxyl groups is 1. The summed E-state index contributed by atoms with van der Waals surface area (Å²) in [6, 6.07) is 0. The number of aliphatic carboxylic acids is 1. The molecule has 0 bridgehead atoms. The molecule has 3 heteroatoms. The molecular formula is C24H38O3. The van der Waals surface area contributed by atoms with Gasteiger partial charge in [-0.3, -0.25) is 4.79 Å². The molecule has 27 heavy (non-hydrogen) atoms. The number of carboxylic acid groups (broad SMARTS) is 1. The monoisotopic (exact) mass is 374 g/mol. The third-order valence-electron chi connectivity index (χ3n) is 9.83. The molecule has 0 aliphatic heterocycles. The van der Waals surface area contributed by atoms with Crippen LogP contribution in [0.15, 0.2) is 11.6 Å². The van der Waals surface area contributed by atoms with E-state index in [2.05, 4.69) is 33.8 Å². The number of hydrogen-bond acceptors (Lipinski definition) is 2. The second kappa shape index (κ2) is 6.34. The van der Waals surface area contributed by atoms with Gasteiger partial charge in [0.05, 0.1) is 6.10 Å². The summed E-state index contributed by atoms with van der Waals surface area (Å²) in [6.45, 7) is 9.45. The maximum absolute atomic E-state index is 11.1. The number of carbonyl (C=O) groups is 1. The molecule has 0 amide bonds. The first-order valence-corrected chi connectivity index (χ1v) is 11.2. The predicted molar refractivity (Wildman–Crippen MR) is 107 cm³/mol. The van der Waals surface area contributed by atoms with E-state index in [1.807, 2.05) is 0 Å². The first-order valence-electron chi connectivity index (χ1n) is 11.2. The van der Waals surface area contributed by atoms with Gasteiger partial charge in [-0.1, -0.05) is 39.3 Å². The number of aliphatic hydroxyl groups excluding tert-OH is 1. The zero-order chi connectivity index (χ0) is 19.6. The SMILES string of the molecule is CC1(C)C2=CC[C@H]3[C@@H]4CC[C@H](CCC(=O)O)[C@@]4(C)CC[C@@H]3[C@@]2(C)CC[C@@H]1O. The standard InChI is InChI=1S/C24H38O3/c1-22(2)19-9-7-16-17-8-5-15(6-10-21(26)27)23(17,3)13-11-18(16)24(19,4)14-12-20(22)25/h9,15-18,20,25H,5-8,10-14H2,1-4H3,(H,26,27)/t15-,16+,17+,18+,20+,23-,24-/m1/s1. The van der Waals surface area contributed by atoms with Crippen LogP contribution in [0.25, 0.3) is 0 Å². The van der Waals surface area contributed by atoms with Gasteiger partial charge in [-0.05, 0) is 85.9 Å². The number of allylic oxidation sites excluding steroid dienone is 1. The molecule has 0 aromatic heterocycles. The Morgan fingerprint density at radius 3 is 2.52 bits per heavy atom. The van der Waals surface area contributed by atoms with Crippen molar-refractivity contribution in [1.82, 2.24) is 0 Å². The third-order valence-corrected chi connectivity index (χ3v) is 9.83. The molecule has 3 fully saturated rings. The van der Waals surface area contributed by atoms with Crippen molar-refractivity contribution >= 4 is 5.97 Å². The fourth-order valence-electron chi connectivity index (χ4n) is 8.27. The van der Waals surface area contributed by atoms with Crippen molar-refractivity contribution in [1.29, 1.82) is 0 Å². The molecule has 3 nitrogen and oxygen atoms in total. The summed E-state index contributed by atoms with van der Waals surface area (Å²) in [5.74, 6) is 2.18. The Bertz CT molecular complexity index is 650. The van der Waals surface area contributed by atoms with Gasteiger partial charge in [0.15, 0.2) is 0 Å². The normalized spacial score (nSPS) is 48.2. The minimum Gasteiger partial charge on any atom is -0.481 e. The Labute approximate surface area is 164 Å². The van der Waals surface area contributed by atoms with Crippen LogP contribution in [-0.4, -0.2) is 22.3 Å². The number of hydrogen-bond donors (Lipinski definition) is 2. The molecule has 0 spiro atoms. The predicted octanol–water partition coefficient (Wildman–Crippen LogP) is 5.43. The number of rotatable bonds is 3. The van der Waals surface area contributed by atoms with Crippen LogP contribution in [0.3, 0.4) is 0 Å². The van der Waals surface area contributed by atoms with Crippen molar-refractivity contribution < 1.29 is 15.0 Å². The Hall–Kier alpha value is -0.830. The summed E-state index contributed by atoms with van der Waals surface area (Å²) in [7, 11) is 0. The van der Waals surface area contributed by atoms with Gasteiger partial charge in [-0.2, -0.15) is 0 Å². The molecule has 152 valence electrons. The Kier molecular flexibility index (Phi) is 4.57. The first-order chi connectivity index (χ1) is 12.6. The zero-order valence-electron chi connectivity index (χ0n) is 17.6. The lowest BCUT2D eigenvalue weighted by Gasteiger charge is -2.61. The minimum absolute atomic E-state index is 0.0988. The van der Waals surface area contributed by atoms with Gasteiger partial charge in [0.25, 0.3) is 0 Å². The van der Waals surface area contributed by atoms with Crippen molar-refractivity contribution in [2.75, 3.05) is 0 Å². The lowest BCUT2D eigenvalue weighted by Crippen LogP contribution is -2.54. The average Bonchev–Trinajstić information content (AvgIpc) is 2.93. The molecule has 4 aliphatic rings. The van der Waals surface area contributed by atoms with Crippen LogP contribution >= 0.6 is 0 Å². The molecule has 2 N–H and O–H groups in total. The summed E-state index contributed by atoms with van der Waals surface area (Å²) in [5, 5.41) is 19.8. The lowest BCUT2D eigenvalue weighted by molar-refractivity contribution is -0.137. The summed E-state index contributed by atoms with van der Waals surface area (Å²) in [6.07, 6.45) is 11.7. The molecular weight excluding hydrogens is 336 g/mol. The molecule has 7 atom stereocenters. The second-order valence-corrected chi connectivity index (χ2v) is 11.2. The highest BCUT2D eigenvalue weighted by Crippen LogP contribution is 2.68. The molecule has 0 aromatic rings. The van der Waals surface area contributed by atoms with Crippen LogP contribution in [0.4, 0.5) is 0 Å². The third kappa shape index (κ3) is 2.74. The first kappa shape index (κ1) is 19.5. The fraction of sp³-hybridized carbons (Fsp3) is 0.875. The minimum atomic E-state index is -0.642. The van der Waals surface area contributed by atoms with Gasteiger partial charge < -0.3 is 10.2 Å². The van der Waals surface area contributed by atoms with E-state index < -0.39 is 5.97 Å². The molecule has 0 unspecified atom stereocenters. The van der Waals surface area contributed by atoms with Gasteiger partial charge >= 0.3 is 5.97 Å². The van der Waals surface area contributed by atoms with Crippen LogP contribution in [0.2, 0.25) is 0 Å². The highest BCUT2D eigenvalue weighted by atomic mass is 16.4. The van der Waals surface area contributed by atoms with E-state index in [1.165, 1.54) is 31.3 Å². The van der Waals surface area contributed by atoms with Crippen molar-refractivity contribution in [3.8, 4) is 0 Å². The largest absolute Gasteiger partial charge is 0.481 e. The van der Waals surface area contributed by atoms with Gasteiger partial charge in [-0.15, -0.1) is 0 Å². The Morgan fingerprint density at radius 2 is 1.81 bits per heavy atom. The van der Waals surface area contributed by atoms with E-state index in [9.17, 15) is 9.90 Å². The second-order valence-electron chi connectivity index (χ2n) is 11.2. The maximum Gasteiger partial charge on any atom is 0.303 e. The van der Waals surface area contributed by atoms with Gasteiger partial charge in [0.1, 0.15) is 0 Å². The molecule has 4 aliphatic carbocycles. The van der Waals surface area contributed by atoms with E-state index in [-0.39, 0.29) is 16.9 Å². The van der Waals surface area contributed by atoms with Crippen LogP contribution in [0.1, 0.15) is 85.5 Å². The maximum atomic E-state index is 11.1.